The van der Waals surface area contributed by atoms with Gasteiger partial charge in [-0.25, -0.2) is 8.42 Å². The van der Waals surface area contributed by atoms with Crippen molar-refractivity contribution in [3.63, 3.8) is 0 Å². The lowest BCUT2D eigenvalue weighted by atomic mass is 10.1. The van der Waals surface area contributed by atoms with E-state index in [1.807, 2.05) is 13.8 Å². The Hall–Kier alpha value is -2.79. The predicted molar refractivity (Wildman–Crippen MR) is 171 cm³/mol. The average Bonchev–Trinajstić information content (AvgIpc) is 2.95. The number of rotatable bonds is 13. The van der Waals surface area contributed by atoms with Gasteiger partial charge in [0.15, 0.2) is 0 Å². The summed E-state index contributed by atoms with van der Waals surface area (Å²) >= 11 is 16.2. The van der Waals surface area contributed by atoms with Crippen LogP contribution in [0.1, 0.15) is 37.8 Å². The molecule has 0 aliphatic rings. The van der Waals surface area contributed by atoms with Crippen LogP contribution in [0.2, 0.25) is 10.0 Å². The Morgan fingerprint density at radius 2 is 1.69 bits per heavy atom. The number of halogens is 3. The molecule has 0 aromatic heterocycles. The number of sulfonamides is 1. The van der Waals surface area contributed by atoms with E-state index in [2.05, 4.69) is 21.2 Å². The van der Waals surface area contributed by atoms with E-state index in [0.717, 1.165) is 22.7 Å². The van der Waals surface area contributed by atoms with E-state index in [1.54, 1.807) is 49.4 Å². The van der Waals surface area contributed by atoms with Gasteiger partial charge in [0.25, 0.3) is 10.0 Å². The van der Waals surface area contributed by atoms with Gasteiger partial charge in [0.2, 0.25) is 11.8 Å². The fourth-order valence-corrected chi connectivity index (χ4v) is 6.80. The Morgan fingerprint density at radius 1 is 1.05 bits per heavy atom. The van der Waals surface area contributed by atoms with Crippen molar-refractivity contribution in [3.05, 3.63) is 86.3 Å². The molecule has 3 aromatic rings. The maximum atomic E-state index is 14.1. The summed E-state index contributed by atoms with van der Waals surface area (Å²) in [7, 11) is -2.77. The molecule has 42 heavy (non-hydrogen) atoms. The molecule has 0 heterocycles. The molecule has 226 valence electrons. The molecule has 1 N–H and O–H groups in total. The molecule has 1 atom stereocenters. The van der Waals surface area contributed by atoms with Crippen LogP contribution in [-0.4, -0.2) is 51.4 Å². The van der Waals surface area contributed by atoms with Crippen LogP contribution < -0.4 is 14.4 Å². The summed E-state index contributed by atoms with van der Waals surface area (Å²) in [6, 6.07) is 15.2. The van der Waals surface area contributed by atoms with Crippen LogP contribution in [0.4, 0.5) is 5.69 Å². The molecule has 0 radical (unpaired) electrons. The summed E-state index contributed by atoms with van der Waals surface area (Å²) in [4.78, 5) is 28.4. The highest BCUT2D eigenvalue weighted by Gasteiger charge is 2.33. The zero-order chi connectivity index (χ0) is 31.0. The molecule has 0 unspecified atom stereocenters. The van der Waals surface area contributed by atoms with E-state index >= 15 is 0 Å². The van der Waals surface area contributed by atoms with E-state index in [9.17, 15) is 18.0 Å². The third-order valence-electron chi connectivity index (χ3n) is 6.70. The first kappa shape index (κ1) is 33.7. The summed E-state index contributed by atoms with van der Waals surface area (Å²) in [5, 5.41) is 3.50. The highest BCUT2D eigenvalue weighted by Crippen LogP contribution is 2.32. The van der Waals surface area contributed by atoms with Crippen LogP contribution in [0.5, 0.6) is 5.75 Å². The molecule has 0 fully saturated rings. The highest BCUT2D eigenvalue weighted by atomic mass is 79.9. The monoisotopic (exact) mass is 697 g/mol. The molecular weight excluding hydrogens is 665 g/mol. The summed E-state index contributed by atoms with van der Waals surface area (Å²) in [6.45, 7) is 5.24. The van der Waals surface area contributed by atoms with Crippen molar-refractivity contribution < 1.29 is 22.7 Å². The second kappa shape index (κ2) is 15.1. The van der Waals surface area contributed by atoms with Gasteiger partial charge in [-0.15, -0.1) is 0 Å². The summed E-state index contributed by atoms with van der Waals surface area (Å²) < 4.78 is 34.8. The van der Waals surface area contributed by atoms with Crippen LogP contribution in [0.25, 0.3) is 0 Å². The fourth-order valence-electron chi connectivity index (χ4n) is 4.15. The minimum Gasteiger partial charge on any atom is -0.496 e. The first-order valence-corrected chi connectivity index (χ1v) is 16.3. The first-order valence-electron chi connectivity index (χ1n) is 13.3. The molecule has 2 amide bonds. The van der Waals surface area contributed by atoms with E-state index < -0.39 is 28.5 Å². The molecule has 0 bridgehead atoms. The first-order chi connectivity index (χ1) is 19.9. The normalized spacial score (nSPS) is 12.0. The van der Waals surface area contributed by atoms with Crippen molar-refractivity contribution in [2.24, 2.45) is 0 Å². The van der Waals surface area contributed by atoms with Crippen LogP contribution in [-0.2, 0) is 26.2 Å². The zero-order valence-electron chi connectivity index (χ0n) is 23.9. The topological polar surface area (TPSA) is 96.0 Å². The van der Waals surface area contributed by atoms with E-state index in [0.29, 0.717) is 32.4 Å². The minimum absolute atomic E-state index is 0.0467. The summed E-state index contributed by atoms with van der Waals surface area (Å²) in [6.07, 6.45) is 1.66. The van der Waals surface area contributed by atoms with Crippen LogP contribution in [0.15, 0.2) is 70.0 Å². The highest BCUT2D eigenvalue weighted by molar-refractivity contribution is 9.10. The predicted octanol–water partition coefficient (Wildman–Crippen LogP) is 6.60. The van der Waals surface area contributed by atoms with Crippen LogP contribution in [0.3, 0.4) is 0 Å². The van der Waals surface area contributed by atoms with Gasteiger partial charge in [0, 0.05) is 28.7 Å². The summed E-state index contributed by atoms with van der Waals surface area (Å²) in [5.41, 5.74) is 1.66. The molecule has 0 aliphatic carbocycles. The number of nitrogens with zero attached hydrogens (tertiary/aromatic N) is 2. The molecule has 0 aliphatic heterocycles. The Balaban J connectivity index is 2.06. The lowest BCUT2D eigenvalue weighted by molar-refractivity contribution is -0.139. The molecule has 3 aromatic carbocycles. The van der Waals surface area contributed by atoms with E-state index in [-0.39, 0.29) is 23.0 Å². The van der Waals surface area contributed by atoms with Gasteiger partial charge in [-0.05, 0) is 78.7 Å². The average molecular weight is 699 g/mol. The van der Waals surface area contributed by atoms with Crippen molar-refractivity contribution in [2.75, 3.05) is 24.5 Å². The van der Waals surface area contributed by atoms with Gasteiger partial charge in [-0.2, -0.15) is 0 Å². The van der Waals surface area contributed by atoms with Gasteiger partial charge in [0.1, 0.15) is 18.3 Å². The maximum absolute atomic E-state index is 14.1. The van der Waals surface area contributed by atoms with Crippen molar-refractivity contribution in [1.82, 2.24) is 10.2 Å². The molecular formula is C30H34BrCl2N3O5S. The molecule has 0 saturated carbocycles. The molecule has 3 rings (SSSR count). The lowest BCUT2D eigenvalue weighted by Crippen LogP contribution is -2.51. The molecule has 12 heteroatoms. The number of hydrogen-bond donors (Lipinski definition) is 1. The second-order valence-electron chi connectivity index (χ2n) is 9.69. The lowest BCUT2D eigenvalue weighted by Gasteiger charge is -2.32. The number of aryl methyl sites for hydroxylation is 1. The number of ether oxygens (including phenoxy) is 1. The summed E-state index contributed by atoms with van der Waals surface area (Å²) in [5.74, 6) is -0.526. The van der Waals surface area contributed by atoms with Gasteiger partial charge < -0.3 is 15.0 Å². The number of hydrogen-bond acceptors (Lipinski definition) is 5. The number of amides is 2. The number of methoxy groups -OCH3 is 1. The van der Waals surface area contributed by atoms with Crippen LogP contribution >= 0.6 is 39.1 Å². The number of unbranched alkanes of at least 4 members (excludes halogenated alkanes) is 1. The smallest absolute Gasteiger partial charge is 0.264 e. The number of anilines is 1. The van der Waals surface area contributed by atoms with Crippen molar-refractivity contribution in [1.29, 1.82) is 0 Å². The number of nitrogens with one attached hydrogen (secondary N) is 1. The Kier molecular flexibility index (Phi) is 12.1. The SMILES string of the molecule is CCCCNC(=O)[C@@H](C)N(Cc1c(Cl)cccc1Cl)C(=O)CN(c1ccc(C)cc1)S(=O)(=O)c1ccc(OC)c(Br)c1. The van der Waals surface area contributed by atoms with E-state index in [1.165, 1.54) is 30.2 Å². The van der Waals surface area contributed by atoms with Crippen molar-refractivity contribution in [3.8, 4) is 5.75 Å². The third-order valence-corrected chi connectivity index (χ3v) is 9.80. The quantitative estimate of drug-likeness (QED) is 0.203. The molecule has 8 nitrogen and oxygen atoms in total. The van der Waals surface area contributed by atoms with Gasteiger partial charge >= 0.3 is 0 Å². The maximum Gasteiger partial charge on any atom is 0.264 e. The Morgan fingerprint density at radius 3 is 2.26 bits per heavy atom. The molecule has 0 spiro atoms. The van der Waals surface area contributed by atoms with E-state index in [4.69, 9.17) is 27.9 Å². The zero-order valence-corrected chi connectivity index (χ0v) is 27.8. The van der Waals surface area contributed by atoms with Gasteiger partial charge in [-0.3, -0.25) is 13.9 Å². The Bertz CT molecular complexity index is 1500. The number of benzene rings is 3. The third kappa shape index (κ3) is 8.18. The second-order valence-corrected chi connectivity index (χ2v) is 13.2. The molecule has 0 saturated heterocycles. The van der Waals surface area contributed by atoms with Crippen molar-refractivity contribution in [2.45, 2.75) is 51.1 Å². The van der Waals surface area contributed by atoms with Crippen LogP contribution in [0, 0.1) is 6.92 Å². The fraction of sp³-hybridized carbons (Fsp3) is 0.333. The van der Waals surface area contributed by atoms with Gasteiger partial charge in [-0.1, -0.05) is 60.3 Å². The minimum atomic E-state index is -4.25. The largest absolute Gasteiger partial charge is 0.496 e. The number of carbonyl (C=O) groups excluding carboxylic acids is 2. The standard InChI is InChI=1S/C30H34BrCl2N3O5S/c1-5-6-16-34-30(38)21(3)35(18-24-26(32)8-7-9-27(24)33)29(37)19-36(22-12-10-20(2)11-13-22)42(39,40)23-14-15-28(41-4)25(31)17-23/h7-15,17,21H,5-6,16,18-19H2,1-4H3,(H,34,38)/t21-/m1/s1. The Labute approximate surface area is 266 Å². The van der Waals surface area contributed by atoms with Gasteiger partial charge in [0.05, 0.1) is 22.2 Å². The number of carbonyl (C=O) groups is 2. The van der Waals surface area contributed by atoms with Crippen molar-refractivity contribution >= 4 is 66.7 Å².